The highest BCUT2D eigenvalue weighted by atomic mass is 16.6. The first-order chi connectivity index (χ1) is 14.8. The Balaban J connectivity index is 1.66. The van der Waals surface area contributed by atoms with Crippen LogP contribution in [0.5, 0.6) is 0 Å². The van der Waals surface area contributed by atoms with Crippen LogP contribution in [0.1, 0.15) is 57.7 Å². The van der Waals surface area contributed by atoms with Gasteiger partial charge in [0.15, 0.2) is 0 Å². The second-order valence-electron chi connectivity index (χ2n) is 8.57. The van der Waals surface area contributed by atoms with Crippen molar-refractivity contribution < 1.29 is 19.1 Å². The number of hydrogen-bond donors (Lipinski definition) is 0. The van der Waals surface area contributed by atoms with Crippen LogP contribution in [0.3, 0.4) is 0 Å². The molecular formula is C24H31N3O4. The quantitative estimate of drug-likeness (QED) is 0.649. The van der Waals surface area contributed by atoms with Gasteiger partial charge in [0.25, 0.3) is 0 Å². The number of amides is 2. The molecule has 3 rings (SSSR count). The number of benzene rings is 1. The SMILES string of the molecule is CCN(C(=O)OC(C)(C)C)c1ccc(C2CCCN2C(=O)OCc2ccccc2)cn1. The lowest BCUT2D eigenvalue weighted by Crippen LogP contribution is -2.37. The third-order valence-electron chi connectivity index (χ3n) is 5.05. The number of carbonyl (C=O) groups excluding carboxylic acids is 2. The minimum Gasteiger partial charge on any atom is -0.445 e. The summed E-state index contributed by atoms with van der Waals surface area (Å²) in [4.78, 5) is 32.8. The predicted octanol–water partition coefficient (Wildman–Crippen LogP) is 5.32. The Morgan fingerprint density at radius 3 is 2.52 bits per heavy atom. The van der Waals surface area contributed by atoms with Crippen LogP contribution in [0, 0.1) is 0 Å². The number of anilines is 1. The molecule has 2 amide bonds. The summed E-state index contributed by atoms with van der Waals surface area (Å²) >= 11 is 0. The third kappa shape index (κ3) is 5.96. The first-order valence-electron chi connectivity index (χ1n) is 10.7. The summed E-state index contributed by atoms with van der Waals surface area (Å²) in [5.41, 5.74) is 1.31. The van der Waals surface area contributed by atoms with Gasteiger partial charge in [0.05, 0.1) is 6.04 Å². The monoisotopic (exact) mass is 425 g/mol. The Bertz CT molecular complexity index is 878. The van der Waals surface area contributed by atoms with Crippen molar-refractivity contribution in [3.8, 4) is 0 Å². The number of carbonyl (C=O) groups is 2. The zero-order valence-electron chi connectivity index (χ0n) is 18.7. The molecule has 1 aliphatic heterocycles. The van der Waals surface area contributed by atoms with Gasteiger partial charge in [-0.3, -0.25) is 4.90 Å². The lowest BCUT2D eigenvalue weighted by Gasteiger charge is -2.27. The number of likely N-dealkylation sites (tertiary alicyclic amines) is 1. The standard InChI is InChI=1S/C24H31N3O4/c1-5-26(23(29)31-24(2,3)4)21-14-13-19(16-25-21)20-12-9-15-27(20)22(28)30-17-18-10-7-6-8-11-18/h6-8,10-11,13-14,16,20H,5,9,12,15,17H2,1-4H3. The van der Waals surface area contributed by atoms with E-state index in [1.165, 1.54) is 4.90 Å². The van der Waals surface area contributed by atoms with Gasteiger partial charge in [-0.15, -0.1) is 0 Å². The van der Waals surface area contributed by atoms with Crippen LogP contribution in [-0.2, 0) is 16.1 Å². The zero-order chi connectivity index (χ0) is 22.4. The van der Waals surface area contributed by atoms with Crippen LogP contribution < -0.4 is 4.90 Å². The highest BCUT2D eigenvalue weighted by Crippen LogP contribution is 2.33. The number of aromatic nitrogens is 1. The molecule has 31 heavy (non-hydrogen) atoms. The molecule has 0 spiro atoms. The average Bonchev–Trinajstić information content (AvgIpc) is 3.22. The molecule has 1 aromatic carbocycles. The van der Waals surface area contributed by atoms with E-state index in [-0.39, 0.29) is 18.7 Å². The van der Waals surface area contributed by atoms with Crippen LogP contribution in [0.25, 0.3) is 0 Å². The minimum absolute atomic E-state index is 0.0820. The van der Waals surface area contributed by atoms with Crippen LogP contribution in [-0.4, -0.2) is 40.8 Å². The summed E-state index contributed by atoms with van der Waals surface area (Å²) in [7, 11) is 0. The average molecular weight is 426 g/mol. The summed E-state index contributed by atoms with van der Waals surface area (Å²) in [6.07, 6.45) is 2.74. The summed E-state index contributed by atoms with van der Waals surface area (Å²) in [5.74, 6) is 0.525. The molecule has 2 aromatic rings. The van der Waals surface area contributed by atoms with E-state index >= 15 is 0 Å². The number of ether oxygens (including phenoxy) is 2. The second kappa shape index (κ2) is 9.81. The van der Waals surface area contributed by atoms with Gasteiger partial charge in [-0.2, -0.15) is 0 Å². The second-order valence-corrected chi connectivity index (χ2v) is 8.57. The van der Waals surface area contributed by atoms with Crippen molar-refractivity contribution in [1.29, 1.82) is 0 Å². The van der Waals surface area contributed by atoms with Crippen molar-refractivity contribution in [3.63, 3.8) is 0 Å². The fraction of sp³-hybridized carbons (Fsp3) is 0.458. The van der Waals surface area contributed by atoms with E-state index in [1.807, 2.05) is 64.1 Å². The number of nitrogens with zero attached hydrogens (tertiary/aromatic N) is 3. The highest BCUT2D eigenvalue weighted by molar-refractivity contribution is 5.86. The van der Waals surface area contributed by atoms with E-state index in [1.54, 1.807) is 17.2 Å². The van der Waals surface area contributed by atoms with Gasteiger partial charge in [0.1, 0.15) is 18.0 Å². The van der Waals surface area contributed by atoms with Crippen LogP contribution in [0.2, 0.25) is 0 Å². The van der Waals surface area contributed by atoms with E-state index in [4.69, 9.17) is 9.47 Å². The minimum atomic E-state index is -0.574. The van der Waals surface area contributed by atoms with Gasteiger partial charge in [-0.05, 0) is 57.7 Å². The molecular weight excluding hydrogens is 394 g/mol. The fourth-order valence-corrected chi connectivity index (χ4v) is 3.59. The van der Waals surface area contributed by atoms with Crippen molar-refractivity contribution in [3.05, 3.63) is 59.8 Å². The molecule has 0 aliphatic carbocycles. The van der Waals surface area contributed by atoms with Gasteiger partial charge < -0.3 is 14.4 Å². The normalized spacial score (nSPS) is 16.1. The van der Waals surface area contributed by atoms with Crippen molar-refractivity contribution >= 4 is 18.0 Å². The zero-order valence-corrected chi connectivity index (χ0v) is 18.7. The van der Waals surface area contributed by atoms with Crippen LogP contribution in [0.4, 0.5) is 15.4 Å². The number of pyridine rings is 1. The third-order valence-corrected chi connectivity index (χ3v) is 5.05. The Hall–Kier alpha value is -3.09. The smallest absolute Gasteiger partial charge is 0.415 e. The van der Waals surface area contributed by atoms with E-state index < -0.39 is 11.7 Å². The Morgan fingerprint density at radius 1 is 1.16 bits per heavy atom. The Labute approximate surface area is 184 Å². The topological polar surface area (TPSA) is 72.0 Å². The molecule has 1 unspecified atom stereocenters. The summed E-state index contributed by atoms with van der Waals surface area (Å²) in [5, 5.41) is 0. The van der Waals surface area contributed by atoms with Crippen LogP contribution >= 0.6 is 0 Å². The Morgan fingerprint density at radius 2 is 1.90 bits per heavy atom. The van der Waals surface area contributed by atoms with Gasteiger partial charge in [0, 0.05) is 19.3 Å². The molecule has 1 atom stereocenters. The molecule has 1 aliphatic rings. The molecule has 7 nitrogen and oxygen atoms in total. The van der Waals surface area contributed by atoms with E-state index in [9.17, 15) is 9.59 Å². The first kappa shape index (κ1) is 22.6. The molecule has 0 N–H and O–H groups in total. The van der Waals surface area contributed by atoms with Crippen molar-refractivity contribution in [1.82, 2.24) is 9.88 Å². The van der Waals surface area contributed by atoms with Gasteiger partial charge in [-0.1, -0.05) is 36.4 Å². The maximum atomic E-state index is 12.7. The lowest BCUT2D eigenvalue weighted by molar-refractivity contribution is 0.0581. The first-order valence-corrected chi connectivity index (χ1v) is 10.7. The lowest BCUT2D eigenvalue weighted by atomic mass is 10.1. The van der Waals surface area contributed by atoms with Gasteiger partial charge in [0.2, 0.25) is 0 Å². The molecule has 2 heterocycles. The van der Waals surface area contributed by atoms with Crippen LogP contribution in [0.15, 0.2) is 48.7 Å². The van der Waals surface area contributed by atoms with Crippen molar-refractivity contribution in [2.45, 2.75) is 58.8 Å². The van der Waals surface area contributed by atoms with Crippen molar-refractivity contribution in [2.75, 3.05) is 18.0 Å². The molecule has 1 saturated heterocycles. The van der Waals surface area contributed by atoms with E-state index in [0.29, 0.717) is 18.9 Å². The Kier molecular flexibility index (Phi) is 7.15. The molecule has 0 bridgehead atoms. The van der Waals surface area contributed by atoms with Gasteiger partial charge >= 0.3 is 12.2 Å². The fourth-order valence-electron chi connectivity index (χ4n) is 3.59. The molecule has 0 saturated carbocycles. The van der Waals surface area contributed by atoms with Crippen molar-refractivity contribution in [2.24, 2.45) is 0 Å². The molecule has 166 valence electrons. The molecule has 1 aromatic heterocycles. The maximum Gasteiger partial charge on any atom is 0.415 e. The molecule has 7 heteroatoms. The largest absolute Gasteiger partial charge is 0.445 e. The predicted molar refractivity (Wildman–Crippen MR) is 119 cm³/mol. The molecule has 1 fully saturated rings. The number of rotatable bonds is 5. The summed E-state index contributed by atoms with van der Waals surface area (Å²) < 4.78 is 11.0. The van der Waals surface area contributed by atoms with E-state index in [2.05, 4.69) is 4.98 Å². The number of hydrogen-bond acceptors (Lipinski definition) is 5. The maximum absolute atomic E-state index is 12.7. The van der Waals surface area contributed by atoms with Gasteiger partial charge in [-0.25, -0.2) is 14.6 Å². The van der Waals surface area contributed by atoms with E-state index in [0.717, 1.165) is 24.0 Å². The summed E-state index contributed by atoms with van der Waals surface area (Å²) in [6.45, 7) is 8.73. The highest BCUT2D eigenvalue weighted by Gasteiger charge is 2.31. The summed E-state index contributed by atoms with van der Waals surface area (Å²) in [6, 6.07) is 13.3. The molecule has 0 radical (unpaired) electrons.